The molecule has 1 aromatic carbocycles. The van der Waals surface area contributed by atoms with Crippen molar-refractivity contribution in [3.05, 3.63) is 27.2 Å². The van der Waals surface area contributed by atoms with Gasteiger partial charge < -0.3 is 10.2 Å². The molecule has 0 bridgehead atoms. The lowest BCUT2D eigenvalue weighted by Crippen LogP contribution is -2.03. The highest BCUT2D eigenvalue weighted by molar-refractivity contribution is 9.10. The van der Waals surface area contributed by atoms with E-state index in [0.717, 1.165) is 0 Å². The number of rotatable bonds is 1. The number of hydrogen-bond donors (Lipinski definition) is 2. The Morgan fingerprint density at radius 2 is 2.00 bits per heavy atom. The predicted molar refractivity (Wildman–Crippen MR) is 52.2 cm³/mol. The topological polar surface area (TPSA) is 57.5 Å². The molecule has 1 aromatic rings. The molecule has 0 radical (unpaired) electrons. The highest BCUT2D eigenvalue weighted by Gasteiger charge is 2.15. The summed E-state index contributed by atoms with van der Waals surface area (Å²) in [7, 11) is 0. The first-order chi connectivity index (χ1) is 5.95. The number of halogens is 1. The van der Waals surface area contributed by atoms with Crippen LogP contribution in [-0.2, 0) is 0 Å². The Bertz CT molecular complexity index is 372. The quantitative estimate of drug-likeness (QED) is 0.798. The first-order valence-corrected chi connectivity index (χ1v) is 4.46. The number of carboxylic acids is 1. The van der Waals surface area contributed by atoms with E-state index in [2.05, 4.69) is 15.9 Å². The summed E-state index contributed by atoms with van der Waals surface area (Å²) in [4.78, 5) is 10.8. The van der Waals surface area contributed by atoms with Gasteiger partial charge in [-0.05, 0) is 47.0 Å². The molecule has 1 rings (SSSR count). The number of carbonyl (C=O) groups is 1. The van der Waals surface area contributed by atoms with Crippen LogP contribution in [0.3, 0.4) is 0 Å². The lowest BCUT2D eigenvalue weighted by molar-refractivity contribution is 0.0695. The average molecular weight is 245 g/mol. The third-order valence-corrected chi connectivity index (χ3v) is 2.89. The molecule has 0 saturated heterocycles. The predicted octanol–water partition coefficient (Wildman–Crippen LogP) is 2.47. The highest BCUT2D eigenvalue weighted by atomic mass is 79.9. The van der Waals surface area contributed by atoms with Crippen LogP contribution >= 0.6 is 15.9 Å². The number of aromatic hydroxyl groups is 1. The Labute approximate surface area is 84.1 Å². The minimum Gasteiger partial charge on any atom is -0.507 e. The van der Waals surface area contributed by atoms with Crippen molar-refractivity contribution >= 4 is 21.9 Å². The molecule has 2 N–H and O–H groups in total. The number of phenolic OH excluding ortho intramolecular Hbond substituents is 1. The van der Waals surface area contributed by atoms with Crippen LogP contribution in [0.25, 0.3) is 0 Å². The van der Waals surface area contributed by atoms with E-state index in [0.29, 0.717) is 15.6 Å². The first kappa shape index (κ1) is 10.1. The molecule has 13 heavy (non-hydrogen) atoms. The minimum atomic E-state index is -0.976. The van der Waals surface area contributed by atoms with E-state index in [9.17, 15) is 9.90 Å². The van der Waals surface area contributed by atoms with Gasteiger partial charge in [-0.25, -0.2) is 4.79 Å². The van der Waals surface area contributed by atoms with E-state index in [1.807, 2.05) is 0 Å². The lowest BCUT2D eigenvalue weighted by Gasteiger charge is -2.08. The molecule has 0 aliphatic heterocycles. The molecule has 0 atom stereocenters. The van der Waals surface area contributed by atoms with E-state index in [4.69, 9.17) is 5.11 Å². The molecule has 0 aliphatic carbocycles. The van der Waals surface area contributed by atoms with Crippen LogP contribution in [0.5, 0.6) is 5.75 Å². The fraction of sp³-hybridized carbons (Fsp3) is 0.222. The molecule has 0 spiro atoms. The third kappa shape index (κ3) is 1.67. The van der Waals surface area contributed by atoms with Gasteiger partial charge in [0.1, 0.15) is 5.75 Å². The zero-order chi connectivity index (χ0) is 10.2. The summed E-state index contributed by atoms with van der Waals surface area (Å²) in [5, 5.41) is 18.2. The summed E-state index contributed by atoms with van der Waals surface area (Å²) < 4.78 is 0.440. The maximum Gasteiger partial charge on any atom is 0.336 e. The fourth-order valence-corrected chi connectivity index (χ4v) is 1.58. The molecule has 0 fully saturated rings. The van der Waals surface area contributed by atoms with Gasteiger partial charge in [0.15, 0.2) is 0 Å². The zero-order valence-corrected chi connectivity index (χ0v) is 8.84. The van der Waals surface area contributed by atoms with Crippen molar-refractivity contribution in [3.8, 4) is 5.75 Å². The number of carboxylic acid groups (broad SMARTS) is 1. The second kappa shape index (κ2) is 3.38. The van der Waals surface area contributed by atoms with Crippen LogP contribution in [0, 0.1) is 13.8 Å². The van der Waals surface area contributed by atoms with Crippen LogP contribution < -0.4 is 0 Å². The Hall–Kier alpha value is -1.03. The maximum atomic E-state index is 10.8. The van der Waals surface area contributed by atoms with Crippen molar-refractivity contribution in [2.75, 3.05) is 0 Å². The Morgan fingerprint density at radius 3 is 2.46 bits per heavy atom. The van der Waals surface area contributed by atoms with Crippen LogP contribution in [0.1, 0.15) is 21.5 Å². The van der Waals surface area contributed by atoms with Crippen LogP contribution in [0.4, 0.5) is 0 Å². The lowest BCUT2D eigenvalue weighted by atomic mass is 10.0. The SMILES string of the molecule is Cc1cc(O)c(Br)c(C)c1C(=O)O. The Kier molecular flexibility index (Phi) is 2.61. The van der Waals surface area contributed by atoms with Gasteiger partial charge in [0.25, 0.3) is 0 Å². The smallest absolute Gasteiger partial charge is 0.336 e. The summed E-state index contributed by atoms with van der Waals surface area (Å²) in [6.07, 6.45) is 0. The van der Waals surface area contributed by atoms with Crippen molar-refractivity contribution in [3.63, 3.8) is 0 Å². The van der Waals surface area contributed by atoms with Gasteiger partial charge in [-0.3, -0.25) is 0 Å². The average Bonchev–Trinajstić information content (AvgIpc) is 1.99. The third-order valence-electron chi connectivity index (χ3n) is 1.89. The minimum absolute atomic E-state index is 0.0694. The molecular formula is C9H9BrO3. The number of benzene rings is 1. The summed E-state index contributed by atoms with van der Waals surface area (Å²) in [6, 6.07) is 1.43. The van der Waals surface area contributed by atoms with Gasteiger partial charge in [-0.2, -0.15) is 0 Å². The molecule has 70 valence electrons. The summed E-state index contributed by atoms with van der Waals surface area (Å²) in [5.74, 6) is -0.907. The summed E-state index contributed by atoms with van der Waals surface area (Å²) in [6.45, 7) is 3.31. The first-order valence-electron chi connectivity index (χ1n) is 3.67. The van der Waals surface area contributed by atoms with E-state index in [1.165, 1.54) is 6.07 Å². The number of aromatic carboxylic acids is 1. The highest BCUT2D eigenvalue weighted by Crippen LogP contribution is 2.31. The van der Waals surface area contributed by atoms with Gasteiger partial charge in [0, 0.05) is 0 Å². The van der Waals surface area contributed by atoms with E-state index in [1.54, 1.807) is 13.8 Å². The van der Waals surface area contributed by atoms with Crippen molar-refractivity contribution in [1.82, 2.24) is 0 Å². The molecule has 4 heteroatoms. The van der Waals surface area contributed by atoms with Crippen LogP contribution in [0.15, 0.2) is 10.5 Å². The molecule has 0 saturated carbocycles. The van der Waals surface area contributed by atoms with Crippen molar-refractivity contribution < 1.29 is 15.0 Å². The molecule has 0 heterocycles. The molecular weight excluding hydrogens is 236 g/mol. The van der Waals surface area contributed by atoms with Crippen molar-refractivity contribution in [1.29, 1.82) is 0 Å². The molecule has 0 amide bonds. The summed E-state index contributed by atoms with van der Waals surface area (Å²) in [5.41, 5.74) is 1.35. The number of aryl methyl sites for hydroxylation is 1. The Balaban J connectivity index is 3.53. The normalized spacial score (nSPS) is 10.1. The standard InChI is InChI=1S/C9H9BrO3/c1-4-3-6(11)8(10)5(2)7(4)9(12)13/h3,11H,1-2H3,(H,12,13). The van der Waals surface area contributed by atoms with E-state index in [-0.39, 0.29) is 11.3 Å². The van der Waals surface area contributed by atoms with Gasteiger partial charge in [-0.1, -0.05) is 0 Å². The second-order valence-corrected chi connectivity index (χ2v) is 3.62. The monoisotopic (exact) mass is 244 g/mol. The van der Waals surface area contributed by atoms with Gasteiger partial charge >= 0.3 is 5.97 Å². The summed E-state index contributed by atoms with van der Waals surface area (Å²) >= 11 is 3.12. The molecule has 3 nitrogen and oxygen atoms in total. The van der Waals surface area contributed by atoms with Gasteiger partial charge in [0.05, 0.1) is 10.0 Å². The van der Waals surface area contributed by atoms with Crippen molar-refractivity contribution in [2.24, 2.45) is 0 Å². The van der Waals surface area contributed by atoms with Gasteiger partial charge in [-0.15, -0.1) is 0 Å². The van der Waals surface area contributed by atoms with Crippen LogP contribution in [-0.4, -0.2) is 16.2 Å². The molecule has 0 unspecified atom stereocenters. The van der Waals surface area contributed by atoms with E-state index < -0.39 is 5.97 Å². The largest absolute Gasteiger partial charge is 0.507 e. The zero-order valence-electron chi connectivity index (χ0n) is 7.26. The van der Waals surface area contributed by atoms with Crippen LogP contribution in [0.2, 0.25) is 0 Å². The number of hydrogen-bond acceptors (Lipinski definition) is 2. The molecule has 0 aliphatic rings. The Morgan fingerprint density at radius 1 is 1.46 bits per heavy atom. The van der Waals surface area contributed by atoms with Crippen molar-refractivity contribution in [2.45, 2.75) is 13.8 Å². The molecule has 0 aromatic heterocycles. The fourth-order valence-electron chi connectivity index (χ4n) is 1.27. The number of phenols is 1. The second-order valence-electron chi connectivity index (χ2n) is 2.83. The van der Waals surface area contributed by atoms with Gasteiger partial charge in [0.2, 0.25) is 0 Å². The maximum absolute atomic E-state index is 10.8. The van der Waals surface area contributed by atoms with E-state index >= 15 is 0 Å².